The molecule has 0 saturated carbocycles. The number of nitrogens with one attached hydrogen (secondary N) is 1. The van der Waals surface area contributed by atoms with Crippen LogP contribution in [0.5, 0.6) is 0 Å². The van der Waals surface area contributed by atoms with Gasteiger partial charge in [0.15, 0.2) is 0 Å². The van der Waals surface area contributed by atoms with Gasteiger partial charge < -0.3 is 9.84 Å². The van der Waals surface area contributed by atoms with Crippen LogP contribution < -0.4 is 5.32 Å². The van der Waals surface area contributed by atoms with E-state index in [2.05, 4.69) is 21.4 Å². The van der Waals surface area contributed by atoms with Gasteiger partial charge in [-0.25, -0.2) is 4.39 Å². The Balaban J connectivity index is 1.99. The molecule has 7 heteroatoms. The highest BCUT2D eigenvalue weighted by Gasteiger charge is 2.17. The summed E-state index contributed by atoms with van der Waals surface area (Å²) in [7, 11) is 0. The minimum atomic E-state index is -0.318. The molecule has 1 aromatic carbocycles. The molecular formula is C16H16FN3O2S. The van der Waals surface area contributed by atoms with Crippen molar-refractivity contribution in [3.63, 3.8) is 0 Å². The Labute approximate surface area is 138 Å². The lowest BCUT2D eigenvalue weighted by molar-refractivity contribution is -0.118. The van der Waals surface area contributed by atoms with Crippen molar-refractivity contribution in [2.75, 3.05) is 12.3 Å². The summed E-state index contributed by atoms with van der Waals surface area (Å²) in [5, 5.41) is 6.28. The van der Waals surface area contributed by atoms with Crippen molar-refractivity contribution < 1.29 is 13.7 Å². The summed E-state index contributed by atoms with van der Waals surface area (Å²) in [5.41, 5.74) is 1.10. The monoisotopic (exact) mass is 333 g/mol. The van der Waals surface area contributed by atoms with Crippen LogP contribution in [0.2, 0.25) is 0 Å². The average Bonchev–Trinajstić information content (AvgIpc) is 3.03. The SMILES string of the molecule is C#CCNC(=O)CS[C@@H](C)c1nc(-c2ccc(C)c(F)c2)no1. The molecule has 120 valence electrons. The highest BCUT2D eigenvalue weighted by atomic mass is 32.2. The summed E-state index contributed by atoms with van der Waals surface area (Å²) in [4.78, 5) is 15.8. The first kappa shape index (κ1) is 17.0. The van der Waals surface area contributed by atoms with Crippen LogP contribution in [0.3, 0.4) is 0 Å². The van der Waals surface area contributed by atoms with E-state index in [0.717, 1.165) is 0 Å². The normalized spacial score (nSPS) is 11.7. The van der Waals surface area contributed by atoms with Gasteiger partial charge in [0.1, 0.15) is 5.82 Å². The molecular weight excluding hydrogens is 317 g/mol. The molecule has 0 radical (unpaired) electrons. The fourth-order valence-corrected chi connectivity index (χ4v) is 2.46. The maximum absolute atomic E-state index is 13.6. The van der Waals surface area contributed by atoms with Crippen molar-refractivity contribution in [3.05, 3.63) is 35.5 Å². The number of aryl methyl sites for hydroxylation is 1. The van der Waals surface area contributed by atoms with Crippen molar-refractivity contribution >= 4 is 17.7 Å². The first-order valence-electron chi connectivity index (χ1n) is 6.93. The van der Waals surface area contributed by atoms with Gasteiger partial charge in [-0.3, -0.25) is 4.79 Å². The maximum Gasteiger partial charge on any atom is 0.239 e. The van der Waals surface area contributed by atoms with E-state index in [9.17, 15) is 9.18 Å². The van der Waals surface area contributed by atoms with Gasteiger partial charge in [-0.05, 0) is 25.5 Å². The van der Waals surface area contributed by atoms with Crippen LogP contribution in [0.25, 0.3) is 11.4 Å². The summed E-state index contributed by atoms with van der Waals surface area (Å²) in [6, 6.07) is 4.77. The molecule has 0 aliphatic rings. The number of aromatic nitrogens is 2. The van der Waals surface area contributed by atoms with Crippen molar-refractivity contribution in [1.82, 2.24) is 15.5 Å². The van der Waals surface area contributed by atoms with E-state index >= 15 is 0 Å². The lowest BCUT2D eigenvalue weighted by Crippen LogP contribution is -2.25. The molecule has 1 aromatic heterocycles. The van der Waals surface area contributed by atoms with Gasteiger partial charge in [-0.15, -0.1) is 18.2 Å². The molecule has 0 bridgehead atoms. The predicted octanol–water partition coefficient (Wildman–Crippen LogP) is 2.73. The fourth-order valence-electron chi connectivity index (χ4n) is 1.72. The summed E-state index contributed by atoms with van der Waals surface area (Å²) in [6.07, 6.45) is 5.07. The number of amides is 1. The lowest BCUT2D eigenvalue weighted by Gasteiger charge is -2.05. The van der Waals surface area contributed by atoms with Crippen molar-refractivity contribution in [2.45, 2.75) is 19.1 Å². The molecule has 0 fully saturated rings. The molecule has 0 saturated heterocycles. The number of carbonyl (C=O) groups excluding carboxylic acids is 1. The second-order valence-corrected chi connectivity index (χ2v) is 6.18. The van der Waals surface area contributed by atoms with Crippen LogP contribution in [-0.4, -0.2) is 28.3 Å². The van der Waals surface area contributed by atoms with E-state index in [1.807, 2.05) is 6.92 Å². The van der Waals surface area contributed by atoms with E-state index in [1.54, 1.807) is 19.1 Å². The topological polar surface area (TPSA) is 68.0 Å². The van der Waals surface area contributed by atoms with Gasteiger partial charge in [0.25, 0.3) is 0 Å². The number of benzene rings is 1. The number of terminal acetylenes is 1. The number of hydrogen-bond acceptors (Lipinski definition) is 5. The smallest absolute Gasteiger partial charge is 0.239 e. The highest BCUT2D eigenvalue weighted by molar-refractivity contribution is 8.00. The summed E-state index contributed by atoms with van der Waals surface area (Å²) < 4.78 is 18.8. The van der Waals surface area contributed by atoms with Gasteiger partial charge in [-0.1, -0.05) is 23.2 Å². The number of halogens is 1. The zero-order valence-electron chi connectivity index (χ0n) is 12.8. The zero-order valence-corrected chi connectivity index (χ0v) is 13.6. The largest absolute Gasteiger partial charge is 0.344 e. The second kappa shape index (κ2) is 7.79. The molecule has 23 heavy (non-hydrogen) atoms. The molecule has 2 rings (SSSR count). The van der Waals surface area contributed by atoms with E-state index in [-0.39, 0.29) is 29.3 Å². The van der Waals surface area contributed by atoms with Gasteiger partial charge in [0.05, 0.1) is 17.5 Å². The molecule has 1 heterocycles. The molecule has 5 nitrogen and oxygen atoms in total. The number of rotatable bonds is 6. The first-order chi connectivity index (χ1) is 11.0. The van der Waals surface area contributed by atoms with Crippen molar-refractivity contribution in [2.24, 2.45) is 0 Å². The molecule has 0 aliphatic carbocycles. The van der Waals surface area contributed by atoms with E-state index in [4.69, 9.17) is 10.9 Å². The summed E-state index contributed by atoms with van der Waals surface area (Å²) >= 11 is 1.35. The Morgan fingerprint density at radius 3 is 3.04 bits per heavy atom. The van der Waals surface area contributed by atoms with Crippen molar-refractivity contribution in [1.29, 1.82) is 0 Å². The van der Waals surface area contributed by atoms with Crippen LogP contribution in [0.1, 0.15) is 23.6 Å². The molecule has 2 aromatic rings. The molecule has 1 amide bonds. The third-order valence-electron chi connectivity index (χ3n) is 3.07. The average molecular weight is 333 g/mol. The quantitative estimate of drug-likeness (QED) is 0.823. The third kappa shape index (κ3) is 4.57. The third-order valence-corrected chi connectivity index (χ3v) is 4.20. The molecule has 0 spiro atoms. The minimum Gasteiger partial charge on any atom is -0.344 e. The van der Waals surface area contributed by atoms with Gasteiger partial charge >= 0.3 is 0 Å². The molecule has 0 unspecified atom stereocenters. The van der Waals surface area contributed by atoms with E-state index < -0.39 is 0 Å². The van der Waals surface area contributed by atoms with Gasteiger partial charge in [0.2, 0.25) is 17.6 Å². The second-order valence-electron chi connectivity index (χ2n) is 4.85. The maximum atomic E-state index is 13.6. The number of nitrogens with zero attached hydrogens (tertiary/aromatic N) is 2. The minimum absolute atomic E-state index is 0.153. The number of thioether (sulfide) groups is 1. The van der Waals surface area contributed by atoms with Crippen LogP contribution >= 0.6 is 11.8 Å². The Bertz CT molecular complexity index is 739. The molecule has 1 atom stereocenters. The van der Waals surface area contributed by atoms with Gasteiger partial charge in [-0.2, -0.15) is 4.98 Å². The van der Waals surface area contributed by atoms with E-state index in [1.165, 1.54) is 17.8 Å². The Morgan fingerprint density at radius 1 is 1.57 bits per heavy atom. The summed E-state index contributed by atoms with van der Waals surface area (Å²) in [6.45, 7) is 3.74. The van der Waals surface area contributed by atoms with Crippen LogP contribution in [0, 0.1) is 25.1 Å². The predicted molar refractivity (Wildman–Crippen MR) is 87.1 cm³/mol. The molecule has 1 N–H and O–H groups in total. The van der Waals surface area contributed by atoms with Crippen LogP contribution in [0.4, 0.5) is 4.39 Å². The Morgan fingerprint density at radius 2 is 2.35 bits per heavy atom. The summed E-state index contributed by atoms with van der Waals surface area (Å²) in [5.74, 6) is 2.81. The number of carbonyl (C=O) groups is 1. The Kier molecular flexibility index (Phi) is 5.77. The van der Waals surface area contributed by atoms with E-state index in [0.29, 0.717) is 22.8 Å². The number of hydrogen-bond donors (Lipinski definition) is 1. The first-order valence-corrected chi connectivity index (χ1v) is 7.98. The zero-order chi connectivity index (χ0) is 16.8. The lowest BCUT2D eigenvalue weighted by atomic mass is 10.1. The van der Waals surface area contributed by atoms with Crippen LogP contribution in [0.15, 0.2) is 22.7 Å². The highest BCUT2D eigenvalue weighted by Crippen LogP contribution is 2.28. The Hall–Kier alpha value is -2.33. The van der Waals surface area contributed by atoms with Crippen molar-refractivity contribution in [3.8, 4) is 23.7 Å². The van der Waals surface area contributed by atoms with Crippen LogP contribution in [-0.2, 0) is 4.79 Å². The van der Waals surface area contributed by atoms with Gasteiger partial charge in [0, 0.05) is 5.56 Å². The standard InChI is InChI=1S/C16H16FN3O2S/c1-4-7-18-14(21)9-23-11(3)16-19-15(20-22-16)12-6-5-10(2)13(17)8-12/h1,5-6,8,11H,7,9H2,2-3H3,(H,18,21)/t11-/m0/s1. The fraction of sp³-hybridized carbons (Fsp3) is 0.312. The molecule has 0 aliphatic heterocycles.